The molecule has 2 aromatic rings. The molecule has 0 saturated heterocycles. The molecular formula is C14H21N3O. The zero-order valence-electron chi connectivity index (χ0n) is 11.4. The lowest BCUT2D eigenvalue weighted by atomic mass is 10.2. The number of nitrogens with one attached hydrogen (secondary N) is 1. The number of hydrogen-bond donors (Lipinski definition) is 1. The third-order valence-electron chi connectivity index (χ3n) is 3.08. The first-order valence-corrected chi connectivity index (χ1v) is 6.53. The van der Waals surface area contributed by atoms with E-state index in [1.54, 1.807) is 0 Å². The quantitative estimate of drug-likeness (QED) is 0.853. The highest BCUT2D eigenvalue weighted by Crippen LogP contribution is 2.16. The molecule has 0 atom stereocenters. The number of aryl methyl sites for hydroxylation is 2. The number of nitrogens with zero attached hydrogens (tertiary/aromatic N) is 2. The molecule has 1 N–H and O–H groups in total. The van der Waals surface area contributed by atoms with Gasteiger partial charge in [-0.25, -0.2) is 4.98 Å². The first-order chi connectivity index (χ1) is 8.74. The lowest BCUT2D eigenvalue weighted by Gasteiger charge is -2.03. The summed E-state index contributed by atoms with van der Waals surface area (Å²) in [5.41, 5.74) is 1.24. The average molecular weight is 247 g/mol. The second kappa shape index (κ2) is 5.87. The number of aromatic nitrogens is 2. The van der Waals surface area contributed by atoms with Gasteiger partial charge in [-0.1, -0.05) is 13.8 Å². The largest absolute Gasteiger partial charge is 0.464 e. The van der Waals surface area contributed by atoms with Crippen LogP contribution in [0.5, 0.6) is 0 Å². The van der Waals surface area contributed by atoms with Crippen LogP contribution < -0.4 is 5.32 Å². The monoisotopic (exact) mass is 247 g/mol. The Hall–Kier alpha value is -1.55. The van der Waals surface area contributed by atoms with Crippen LogP contribution >= 0.6 is 0 Å². The maximum absolute atomic E-state index is 5.80. The summed E-state index contributed by atoms with van der Waals surface area (Å²) in [5, 5.41) is 3.32. The molecule has 0 aliphatic carbocycles. The molecule has 0 aromatic carbocycles. The molecule has 4 nitrogen and oxygen atoms in total. The Morgan fingerprint density at radius 2 is 2.22 bits per heavy atom. The molecule has 2 rings (SSSR count). The van der Waals surface area contributed by atoms with Crippen molar-refractivity contribution in [3.63, 3.8) is 0 Å². The minimum atomic E-state index is 0.760. The molecule has 4 heteroatoms. The van der Waals surface area contributed by atoms with Crippen molar-refractivity contribution < 1.29 is 4.42 Å². The molecule has 0 bridgehead atoms. The average Bonchev–Trinajstić information content (AvgIpc) is 2.94. The number of furan rings is 1. The Balaban J connectivity index is 2.10. The zero-order chi connectivity index (χ0) is 13.0. The van der Waals surface area contributed by atoms with Gasteiger partial charge in [0.05, 0.1) is 6.54 Å². The van der Waals surface area contributed by atoms with Crippen molar-refractivity contribution in [2.75, 3.05) is 6.54 Å². The Morgan fingerprint density at radius 1 is 1.39 bits per heavy atom. The van der Waals surface area contributed by atoms with Crippen LogP contribution in [0.15, 0.2) is 22.9 Å². The van der Waals surface area contributed by atoms with E-state index >= 15 is 0 Å². The minimum Gasteiger partial charge on any atom is -0.464 e. The molecule has 2 heterocycles. The van der Waals surface area contributed by atoms with Crippen LogP contribution in [0.25, 0.3) is 0 Å². The molecule has 0 saturated carbocycles. The van der Waals surface area contributed by atoms with Crippen LogP contribution in [-0.2, 0) is 19.5 Å². The fourth-order valence-electron chi connectivity index (χ4n) is 2.07. The van der Waals surface area contributed by atoms with Gasteiger partial charge in [-0.15, -0.1) is 0 Å². The third-order valence-corrected chi connectivity index (χ3v) is 3.08. The predicted molar refractivity (Wildman–Crippen MR) is 71.5 cm³/mol. The first-order valence-electron chi connectivity index (χ1n) is 6.53. The molecule has 0 amide bonds. The van der Waals surface area contributed by atoms with Crippen molar-refractivity contribution in [3.8, 4) is 0 Å². The van der Waals surface area contributed by atoms with Gasteiger partial charge in [-0.3, -0.25) is 0 Å². The predicted octanol–water partition coefficient (Wildman–Crippen LogP) is 2.50. The molecule has 0 radical (unpaired) electrons. The highest BCUT2D eigenvalue weighted by Gasteiger charge is 2.09. The van der Waals surface area contributed by atoms with E-state index in [0.717, 1.165) is 43.4 Å². The van der Waals surface area contributed by atoms with Crippen LogP contribution in [-0.4, -0.2) is 16.1 Å². The normalized spacial score (nSPS) is 11.1. The Bertz CT molecular complexity index is 499. The van der Waals surface area contributed by atoms with Crippen molar-refractivity contribution >= 4 is 0 Å². The maximum Gasteiger partial charge on any atom is 0.124 e. The Kier molecular flexibility index (Phi) is 4.20. The molecule has 0 aliphatic rings. The first kappa shape index (κ1) is 12.9. The van der Waals surface area contributed by atoms with Crippen molar-refractivity contribution in [3.05, 3.63) is 41.4 Å². The van der Waals surface area contributed by atoms with Crippen molar-refractivity contribution in [1.29, 1.82) is 0 Å². The van der Waals surface area contributed by atoms with Gasteiger partial charge in [0.25, 0.3) is 0 Å². The van der Waals surface area contributed by atoms with Crippen molar-refractivity contribution in [2.45, 2.75) is 40.3 Å². The fraction of sp³-hybridized carbons (Fsp3) is 0.500. The van der Waals surface area contributed by atoms with Crippen LogP contribution in [0.4, 0.5) is 0 Å². The van der Waals surface area contributed by atoms with E-state index in [0.29, 0.717) is 0 Å². The van der Waals surface area contributed by atoms with E-state index in [-0.39, 0.29) is 0 Å². The molecule has 0 aliphatic heterocycles. The van der Waals surface area contributed by atoms with Crippen LogP contribution in [0, 0.1) is 6.92 Å². The minimum absolute atomic E-state index is 0.760. The third kappa shape index (κ3) is 2.82. The molecule has 98 valence electrons. The standard InChI is InChI=1S/C14H21N3O/c1-4-14-16-6-7-17(14)10-13-8-12(9-15-5-2)11(3)18-13/h6-8,15H,4-5,9-10H2,1-3H3. The Labute approximate surface area is 108 Å². The van der Waals surface area contributed by atoms with Crippen LogP contribution in [0.3, 0.4) is 0 Å². The Morgan fingerprint density at radius 3 is 2.94 bits per heavy atom. The van der Waals surface area contributed by atoms with E-state index in [9.17, 15) is 0 Å². The molecule has 0 spiro atoms. The van der Waals surface area contributed by atoms with Gasteiger partial charge in [0.15, 0.2) is 0 Å². The van der Waals surface area contributed by atoms with Crippen LogP contribution in [0.1, 0.15) is 36.8 Å². The summed E-state index contributed by atoms with van der Waals surface area (Å²) >= 11 is 0. The van der Waals surface area contributed by atoms with Crippen LogP contribution in [0.2, 0.25) is 0 Å². The lowest BCUT2D eigenvalue weighted by Crippen LogP contribution is -2.11. The molecular weight excluding hydrogens is 226 g/mol. The van der Waals surface area contributed by atoms with Gasteiger partial charge in [-0.05, 0) is 19.5 Å². The smallest absolute Gasteiger partial charge is 0.124 e. The van der Waals surface area contributed by atoms with Gasteiger partial charge < -0.3 is 14.3 Å². The summed E-state index contributed by atoms with van der Waals surface area (Å²) in [7, 11) is 0. The zero-order valence-corrected chi connectivity index (χ0v) is 11.4. The van der Waals surface area contributed by atoms with Gasteiger partial charge in [0.2, 0.25) is 0 Å². The summed E-state index contributed by atoms with van der Waals surface area (Å²) < 4.78 is 7.93. The highest BCUT2D eigenvalue weighted by molar-refractivity contribution is 5.21. The maximum atomic E-state index is 5.80. The summed E-state index contributed by atoms with van der Waals surface area (Å²) in [6.07, 6.45) is 4.78. The van der Waals surface area contributed by atoms with E-state index in [2.05, 4.69) is 34.8 Å². The van der Waals surface area contributed by atoms with Gasteiger partial charge in [0, 0.05) is 30.9 Å². The van der Waals surface area contributed by atoms with Gasteiger partial charge >= 0.3 is 0 Å². The van der Waals surface area contributed by atoms with E-state index in [1.807, 2.05) is 19.3 Å². The molecule has 18 heavy (non-hydrogen) atoms. The van der Waals surface area contributed by atoms with E-state index in [4.69, 9.17) is 4.42 Å². The molecule has 0 fully saturated rings. The van der Waals surface area contributed by atoms with E-state index in [1.165, 1.54) is 5.56 Å². The topological polar surface area (TPSA) is 43.0 Å². The summed E-state index contributed by atoms with van der Waals surface area (Å²) in [4.78, 5) is 4.32. The fourth-order valence-corrected chi connectivity index (χ4v) is 2.07. The van der Waals surface area contributed by atoms with Crippen molar-refractivity contribution in [1.82, 2.24) is 14.9 Å². The summed E-state index contributed by atoms with van der Waals surface area (Å²) in [6, 6.07) is 2.14. The lowest BCUT2D eigenvalue weighted by molar-refractivity contribution is 0.463. The molecule has 0 unspecified atom stereocenters. The summed E-state index contributed by atoms with van der Waals surface area (Å²) in [6.45, 7) is 8.84. The van der Waals surface area contributed by atoms with E-state index < -0.39 is 0 Å². The van der Waals surface area contributed by atoms with Crippen molar-refractivity contribution in [2.24, 2.45) is 0 Å². The number of hydrogen-bond acceptors (Lipinski definition) is 3. The highest BCUT2D eigenvalue weighted by atomic mass is 16.3. The second-order valence-corrected chi connectivity index (χ2v) is 4.40. The second-order valence-electron chi connectivity index (χ2n) is 4.40. The van der Waals surface area contributed by atoms with Gasteiger partial charge in [-0.2, -0.15) is 0 Å². The number of imidazole rings is 1. The number of rotatable bonds is 6. The SMILES string of the molecule is CCNCc1cc(Cn2ccnc2CC)oc1C. The molecule has 2 aromatic heterocycles. The van der Waals surface area contributed by atoms with Gasteiger partial charge in [0.1, 0.15) is 17.3 Å². The summed E-state index contributed by atoms with van der Waals surface area (Å²) in [5.74, 6) is 3.09.